The molecule has 0 radical (unpaired) electrons. The predicted molar refractivity (Wildman–Crippen MR) is 99.2 cm³/mol. The third-order valence-corrected chi connectivity index (χ3v) is 4.97. The quantitative estimate of drug-likeness (QED) is 0.602. The lowest BCUT2D eigenvalue weighted by molar-refractivity contribution is -0.137. The lowest BCUT2D eigenvalue weighted by Gasteiger charge is -2.34. The molecule has 2 unspecified atom stereocenters. The van der Waals surface area contributed by atoms with Gasteiger partial charge in [0.05, 0.1) is 6.61 Å². The van der Waals surface area contributed by atoms with Gasteiger partial charge in [0.25, 0.3) is 0 Å². The Hall–Kier alpha value is -1.51. The number of hydrogen-bond donors (Lipinski definition) is 0. The summed E-state index contributed by atoms with van der Waals surface area (Å²) < 4.78 is 5.89. The standard InChI is InChI=1S/C21H33NO2/c1-3-4-5-7-11-18(2)21(23)22-15-10-12-19(16-22)17-24-20-13-8-6-9-14-20/h6,8-9,13-14,18-19H,3-5,7,10-12,15-17H2,1-2H3. The van der Waals surface area contributed by atoms with Gasteiger partial charge in [0.15, 0.2) is 0 Å². The van der Waals surface area contributed by atoms with Gasteiger partial charge in [-0.15, -0.1) is 0 Å². The summed E-state index contributed by atoms with van der Waals surface area (Å²) in [5.74, 6) is 1.88. The number of amides is 1. The molecule has 1 saturated heterocycles. The number of nitrogens with zero attached hydrogens (tertiary/aromatic N) is 1. The van der Waals surface area contributed by atoms with E-state index in [9.17, 15) is 4.79 Å². The number of ether oxygens (including phenoxy) is 1. The molecule has 0 aromatic heterocycles. The monoisotopic (exact) mass is 331 g/mol. The van der Waals surface area contributed by atoms with E-state index in [2.05, 4.69) is 18.7 Å². The first-order valence-corrected chi connectivity index (χ1v) is 9.67. The van der Waals surface area contributed by atoms with Gasteiger partial charge in [-0.05, 0) is 31.4 Å². The first kappa shape index (κ1) is 18.8. The maximum Gasteiger partial charge on any atom is 0.225 e. The van der Waals surface area contributed by atoms with Gasteiger partial charge in [-0.3, -0.25) is 4.79 Å². The summed E-state index contributed by atoms with van der Waals surface area (Å²) in [4.78, 5) is 14.7. The summed E-state index contributed by atoms with van der Waals surface area (Å²) in [6.07, 6.45) is 8.23. The molecule has 3 heteroatoms. The van der Waals surface area contributed by atoms with Crippen molar-refractivity contribution in [2.75, 3.05) is 19.7 Å². The van der Waals surface area contributed by atoms with Crippen LogP contribution in [0.1, 0.15) is 58.8 Å². The highest BCUT2D eigenvalue weighted by Gasteiger charge is 2.26. The van der Waals surface area contributed by atoms with Crippen LogP contribution in [-0.4, -0.2) is 30.5 Å². The fourth-order valence-corrected chi connectivity index (χ4v) is 3.44. The van der Waals surface area contributed by atoms with Crippen LogP contribution in [-0.2, 0) is 4.79 Å². The Bertz CT molecular complexity index is 474. The predicted octanol–water partition coefficient (Wildman–Crippen LogP) is 4.91. The van der Waals surface area contributed by atoms with Crippen LogP contribution < -0.4 is 4.74 Å². The van der Waals surface area contributed by atoms with E-state index in [1.54, 1.807) is 0 Å². The molecular formula is C21H33NO2. The van der Waals surface area contributed by atoms with Crippen LogP contribution in [0.25, 0.3) is 0 Å². The number of rotatable bonds is 9. The summed E-state index contributed by atoms with van der Waals surface area (Å²) in [7, 11) is 0. The third kappa shape index (κ3) is 6.18. The van der Waals surface area contributed by atoms with E-state index >= 15 is 0 Å². The third-order valence-electron chi connectivity index (χ3n) is 4.97. The topological polar surface area (TPSA) is 29.5 Å². The van der Waals surface area contributed by atoms with Gasteiger partial charge < -0.3 is 9.64 Å². The van der Waals surface area contributed by atoms with E-state index in [0.717, 1.165) is 38.1 Å². The SMILES string of the molecule is CCCCCCC(C)C(=O)N1CCCC(COc2ccccc2)C1. The van der Waals surface area contributed by atoms with E-state index < -0.39 is 0 Å². The fourth-order valence-electron chi connectivity index (χ4n) is 3.44. The maximum atomic E-state index is 12.7. The van der Waals surface area contributed by atoms with Crippen LogP contribution >= 0.6 is 0 Å². The lowest BCUT2D eigenvalue weighted by Crippen LogP contribution is -2.43. The summed E-state index contributed by atoms with van der Waals surface area (Å²) in [6, 6.07) is 9.96. The Morgan fingerprint density at radius 2 is 2.04 bits per heavy atom. The average Bonchev–Trinajstić information content (AvgIpc) is 2.64. The molecule has 1 heterocycles. The molecule has 1 aliphatic heterocycles. The molecule has 1 fully saturated rings. The minimum atomic E-state index is 0.163. The van der Waals surface area contributed by atoms with E-state index in [1.807, 2.05) is 30.3 Å². The van der Waals surface area contributed by atoms with Crippen molar-refractivity contribution in [3.8, 4) is 5.75 Å². The molecule has 1 aromatic carbocycles. The van der Waals surface area contributed by atoms with Crippen LogP contribution in [0.3, 0.4) is 0 Å². The molecule has 0 bridgehead atoms. The highest BCUT2D eigenvalue weighted by atomic mass is 16.5. The van der Waals surface area contributed by atoms with Crippen molar-refractivity contribution in [1.29, 1.82) is 0 Å². The van der Waals surface area contributed by atoms with Crippen molar-refractivity contribution in [3.05, 3.63) is 30.3 Å². The minimum Gasteiger partial charge on any atom is -0.493 e. The second kappa shape index (κ2) is 10.4. The molecule has 0 aliphatic carbocycles. The molecule has 1 aliphatic rings. The number of para-hydroxylation sites is 1. The number of benzene rings is 1. The molecule has 24 heavy (non-hydrogen) atoms. The lowest BCUT2D eigenvalue weighted by atomic mass is 9.95. The van der Waals surface area contributed by atoms with Crippen molar-refractivity contribution in [3.63, 3.8) is 0 Å². The zero-order chi connectivity index (χ0) is 17.2. The second-order valence-corrected chi connectivity index (χ2v) is 7.17. The number of carbonyl (C=O) groups is 1. The molecule has 3 nitrogen and oxygen atoms in total. The molecule has 134 valence electrons. The van der Waals surface area contributed by atoms with Crippen molar-refractivity contribution in [2.45, 2.75) is 58.8 Å². The van der Waals surface area contributed by atoms with E-state index in [-0.39, 0.29) is 5.92 Å². The summed E-state index contributed by atoms with van der Waals surface area (Å²) in [6.45, 7) is 6.79. The van der Waals surface area contributed by atoms with Crippen molar-refractivity contribution < 1.29 is 9.53 Å². The zero-order valence-corrected chi connectivity index (χ0v) is 15.4. The smallest absolute Gasteiger partial charge is 0.225 e. The fraction of sp³-hybridized carbons (Fsp3) is 0.667. The Morgan fingerprint density at radius 3 is 2.79 bits per heavy atom. The molecule has 2 rings (SSSR count). The molecule has 2 atom stereocenters. The van der Waals surface area contributed by atoms with E-state index in [4.69, 9.17) is 4.74 Å². The Labute approximate surface area is 147 Å². The van der Waals surface area contributed by atoms with Crippen molar-refractivity contribution in [1.82, 2.24) is 4.90 Å². The van der Waals surface area contributed by atoms with Gasteiger partial charge in [-0.2, -0.15) is 0 Å². The van der Waals surface area contributed by atoms with E-state index in [0.29, 0.717) is 18.4 Å². The van der Waals surface area contributed by atoms with Crippen LogP contribution in [0, 0.1) is 11.8 Å². The number of piperidine rings is 1. The number of hydrogen-bond acceptors (Lipinski definition) is 2. The molecule has 0 spiro atoms. The van der Waals surface area contributed by atoms with Crippen LogP contribution in [0.4, 0.5) is 0 Å². The van der Waals surface area contributed by atoms with Crippen LogP contribution in [0.5, 0.6) is 5.75 Å². The molecule has 1 amide bonds. The van der Waals surface area contributed by atoms with Gasteiger partial charge in [-0.1, -0.05) is 57.7 Å². The molecule has 0 N–H and O–H groups in total. The largest absolute Gasteiger partial charge is 0.493 e. The van der Waals surface area contributed by atoms with Gasteiger partial charge in [-0.25, -0.2) is 0 Å². The number of carbonyl (C=O) groups excluding carboxylic acids is 1. The zero-order valence-electron chi connectivity index (χ0n) is 15.4. The molecule has 0 saturated carbocycles. The maximum absolute atomic E-state index is 12.7. The minimum absolute atomic E-state index is 0.163. The van der Waals surface area contributed by atoms with E-state index in [1.165, 1.54) is 25.7 Å². The second-order valence-electron chi connectivity index (χ2n) is 7.17. The van der Waals surface area contributed by atoms with Gasteiger partial charge >= 0.3 is 0 Å². The van der Waals surface area contributed by atoms with Crippen molar-refractivity contribution in [2.24, 2.45) is 11.8 Å². The normalized spacial score (nSPS) is 19.1. The first-order chi connectivity index (χ1) is 11.7. The number of likely N-dealkylation sites (tertiary alicyclic amines) is 1. The molecule has 1 aromatic rings. The number of unbranched alkanes of at least 4 members (excludes halogenated alkanes) is 3. The van der Waals surface area contributed by atoms with Gasteiger partial charge in [0, 0.05) is 24.9 Å². The van der Waals surface area contributed by atoms with Gasteiger partial charge in [0.2, 0.25) is 5.91 Å². The Morgan fingerprint density at radius 1 is 1.25 bits per heavy atom. The van der Waals surface area contributed by atoms with Crippen LogP contribution in [0.2, 0.25) is 0 Å². The van der Waals surface area contributed by atoms with Gasteiger partial charge in [0.1, 0.15) is 5.75 Å². The first-order valence-electron chi connectivity index (χ1n) is 9.67. The Balaban J connectivity index is 1.74. The molecular weight excluding hydrogens is 298 g/mol. The summed E-state index contributed by atoms with van der Waals surface area (Å²) in [5, 5.41) is 0. The Kier molecular flexibility index (Phi) is 8.14. The highest BCUT2D eigenvalue weighted by Crippen LogP contribution is 2.22. The average molecular weight is 332 g/mol. The van der Waals surface area contributed by atoms with Crippen molar-refractivity contribution >= 4 is 5.91 Å². The van der Waals surface area contributed by atoms with Crippen LogP contribution in [0.15, 0.2) is 30.3 Å². The summed E-state index contributed by atoms with van der Waals surface area (Å²) >= 11 is 0. The summed E-state index contributed by atoms with van der Waals surface area (Å²) in [5.41, 5.74) is 0. The highest BCUT2D eigenvalue weighted by molar-refractivity contribution is 5.78.